The largest absolute Gasteiger partial charge is 0.492 e. The van der Waals surface area contributed by atoms with Gasteiger partial charge in [-0.1, -0.05) is 60.7 Å². The second kappa shape index (κ2) is 6.17. The van der Waals surface area contributed by atoms with Crippen LogP contribution >= 0.6 is 11.3 Å². The predicted molar refractivity (Wildman–Crippen MR) is 93.5 cm³/mol. The molecule has 0 aliphatic heterocycles. The van der Waals surface area contributed by atoms with Crippen LogP contribution in [0.15, 0.2) is 66.2 Å². The molecule has 0 aliphatic carbocycles. The van der Waals surface area contributed by atoms with Crippen molar-refractivity contribution in [2.24, 2.45) is 0 Å². The van der Waals surface area contributed by atoms with E-state index in [1.165, 1.54) is 11.3 Å². The van der Waals surface area contributed by atoms with Crippen LogP contribution in [0, 0.1) is 0 Å². The number of benzene rings is 2. The Morgan fingerprint density at radius 3 is 1.62 bits per heavy atom. The topological polar surface area (TPSA) is 71.8 Å². The Morgan fingerprint density at radius 1 is 0.667 bits per heavy atom. The third-order valence-electron chi connectivity index (χ3n) is 3.45. The van der Waals surface area contributed by atoms with Crippen LogP contribution in [0.1, 0.15) is 0 Å². The van der Waals surface area contributed by atoms with Crippen LogP contribution in [-0.2, 0) is 0 Å². The van der Waals surface area contributed by atoms with Crippen LogP contribution in [0.25, 0.3) is 33.5 Å². The van der Waals surface area contributed by atoms with E-state index >= 15 is 0 Å². The van der Waals surface area contributed by atoms with E-state index in [4.69, 9.17) is 0 Å². The van der Waals surface area contributed by atoms with E-state index in [9.17, 15) is 5.11 Å². The van der Waals surface area contributed by atoms with Crippen LogP contribution in [0.5, 0.6) is 5.88 Å². The van der Waals surface area contributed by atoms with Crippen molar-refractivity contribution in [1.82, 2.24) is 19.9 Å². The molecular weight excluding hydrogens is 320 g/mol. The summed E-state index contributed by atoms with van der Waals surface area (Å²) < 4.78 is 0. The van der Waals surface area contributed by atoms with Gasteiger partial charge in [0.25, 0.3) is 0 Å². The fourth-order valence-corrected chi connectivity index (χ4v) is 2.92. The Kier molecular flexibility index (Phi) is 3.72. The smallest absolute Gasteiger partial charge is 0.233 e. The van der Waals surface area contributed by atoms with Crippen molar-refractivity contribution in [3.63, 3.8) is 0 Å². The molecule has 2 aromatic heterocycles. The van der Waals surface area contributed by atoms with E-state index in [1.807, 2.05) is 60.7 Å². The minimum Gasteiger partial charge on any atom is -0.492 e. The lowest BCUT2D eigenvalue weighted by Gasteiger charge is -2.07. The monoisotopic (exact) mass is 332 g/mol. The zero-order chi connectivity index (χ0) is 16.4. The highest BCUT2D eigenvalue weighted by Crippen LogP contribution is 2.31. The molecular formula is C18H12N4OS. The van der Waals surface area contributed by atoms with E-state index in [0.29, 0.717) is 22.4 Å². The first-order chi connectivity index (χ1) is 11.8. The van der Waals surface area contributed by atoms with Gasteiger partial charge in [0.05, 0.1) is 5.51 Å². The summed E-state index contributed by atoms with van der Waals surface area (Å²) in [6.07, 6.45) is 0. The minimum absolute atomic E-state index is 0.0655. The van der Waals surface area contributed by atoms with Crippen molar-refractivity contribution in [1.29, 1.82) is 0 Å². The highest BCUT2D eigenvalue weighted by Gasteiger charge is 2.16. The lowest BCUT2D eigenvalue weighted by atomic mass is 10.2. The summed E-state index contributed by atoms with van der Waals surface area (Å²) in [6, 6.07) is 19.4. The van der Waals surface area contributed by atoms with Gasteiger partial charge in [0, 0.05) is 11.1 Å². The predicted octanol–water partition coefficient (Wildman–Crippen LogP) is 4.03. The average molecular weight is 332 g/mol. The summed E-state index contributed by atoms with van der Waals surface area (Å²) in [5.41, 5.74) is 3.35. The van der Waals surface area contributed by atoms with Crippen LogP contribution in [0.4, 0.5) is 0 Å². The Balaban J connectivity index is 1.93. The van der Waals surface area contributed by atoms with Crippen LogP contribution in [-0.4, -0.2) is 25.0 Å². The van der Waals surface area contributed by atoms with Gasteiger partial charge < -0.3 is 5.11 Å². The standard InChI is InChI=1S/C18H12N4OS/c23-18-14(24-11-19-18)17-21-15(12-7-3-1-4-8-12)20-16(22-17)13-9-5-2-6-10-13/h1-11,23H. The van der Waals surface area contributed by atoms with Crippen molar-refractivity contribution >= 4 is 11.3 Å². The van der Waals surface area contributed by atoms with E-state index in [2.05, 4.69) is 19.9 Å². The van der Waals surface area contributed by atoms with Gasteiger partial charge in [0.15, 0.2) is 17.5 Å². The van der Waals surface area contributed by atoms with Crippen molar-refractivity contribution in [3.8, 4) is 39.4 Å². The summed E-state index contributed by atoms with van der Waals surface area (Å²) in [5.74, 6) is 1.48. The van der Waals surface area contributed by atoms with Crippen molar-refractivity contribution in [3.05, 3.63) is 66.2 Å². The third-order valence-corrected chi connectivity index (χ3v) is 4.26. The number of thiazole rings is 1. The molecule has 0 bridgehead atoms. The molecule has 0 spiro atoms. The molecule has 6 heteroatoms. The molecule has 0 aliphatic rings. The molecule has 0 saturated heterocycles. The number of nitrogens with zero attached hydrogens (tertiary/aromatic N) is 4. The maximum atomic E-state index is 9.93. The number of rotatable bonds is 3. The maximum absolute atomic E-state index is 9.93. The minimum atomic E-state index is -0.0655. The first kappa shape index (κ1) is 14.5. The summed E-state index contributed by atoms with van der Waals surface area (Å²) >= 11 is 1.30. The molecule has 0 amide bonds. The number of hydrogen-bond acceptors (Lipinski definition) is 6. The van der Waals surface area contributed by atoms with Crippen LogP contribution < -0.4 is 0 Å². The average Bonchev–Trinajstić information content (AvgIpc) is 3.09. The van der Waals surface area contributed by atoms with Gasteiger partial charge in [-0.05, 0) is 0 Å². The van der Waals surface area contributed by atoms with Gasteiger partial charge in [-0.2, -0.15) is 0 Å². The lowest BCUT2D eigenvalue weighted by Crippen LogP contribution is -1.99. The molecule has 2 aromatic carbocycles. The Morgan fingerprint density at radius 2 is 1.17 bits per heavy atom. The third kappa shape index (κ3) is 2.75. The molecule has 5 nitrogen and oxygen atoms in total. The second-order valence-electron chi connectivity index (χ2n) is 5.04. The Bertz CT molecular complexity index is 913. The molecule has 0 fully saturated rings. The quantitative estimate of drug-likeness (QED) is 0.613. The summed E-state index contributed by atoms with van der Waals surface area (Å²) in [7, 11) is 0. The molecule has 2 heterocycles. The molecule has 116 valence electrons. The molecule has 4 aromatic rings. The summed E-state index contributed by atoms with van der Waals surface area (Å²) in [4.78, 5) is 18.0. The fourth-order valence-electron chi connectivity index (χ4n) is 2.30. The van der Waals surface area contributed by atoms with E-state index in [0.717, 1.165) is 11.1 Å². The number of aromatic nitrogens is 4. The normalized spacial score (nSPS) is 10.7. The van der Waals surface area contributed by atoms with E-state index in [-0.39, 0.29) is 5.88 Å². The van der Waals surface area contributed by atoms with E-state index in [1.54, 1.807) is 5.51 Å². The fraction of sp³-hybridized carbons (Fsp3) is 0. The molecule has 1 N–H and O–H groups in total. The zero-order valence-electron chi connectivity index (χ0n) is 12.5. The van der Waals surface area contributed by atoms with Crippen molar-refractivity contribution < 1.29 is 5.11 Å². The number of hydrogen-bond donors (Lipinski definition) is 1. The molecule has 0 radical (unpaired) electrons. The highest BCUT2D eigenvalue weighted by atomic mass is 32.1. The molecule has 4 rings (SSSR count). The van der Waals surface area contributed by atoms with Crippen molar-refractivity contribution in [2.75, 3.05) is 0 Å². The molecule has 0 saturated carbocycles. The first-order valence-electron chi connectivity index (χ1n) is 7.31. The molecule has 24 heavy (non-hydrogen) atoms. The van der Waals surface area contributed by atoms with E-state index < -0.39 is 0 Å². The van der Waals surface area contributed by atoms with Gasteiger partial charge in [0.2, 0.25) is 5.88 Å². The van der Waals surface area contributed by atoms with Gasteiger partial charge in [0.1, 0.15) is 4.88 Å². The van der Waals surface area contributed by atoms with Gasteiger partial charge >= 0.3 is 0 Å². The van der Waals surface area contributed by atoms with Gasteiger partial charge in [-0.3, -0.25) is 0 Å². The SMILES string of the molecule is Oc1ncsc1-c1nc(-c2ccccc2)nc(-c2ccccc2)n1. The first-order valence-corrected chi connectivity index (χ1v) is 8.19. The second-order valence-corrected chi connectivity index (χ2v) is 5.90. The summed E-state index contributed by atoms with van der Waals surface area (Å²) in [5, 5.41) is 9.93. The lowest BCUT2D eigenvalue weighted by molar-refractivity contribution is 0.459. The number of aromatic hydroxyl groups is 1. The Hall–Kier alpha value is -3.12. The van der Waals surface area contributed by atoms with Crippen LogP contribution in [0.3, 0.4) is 0 Å². The van der Waals surface area contributed by atoms with Gasteiger partial charge in [-0.25, -0.2) is 19.9 Å². The van der Waals surface area contributed by atoms with Crippen LogP contribution in [0.2, 0.25) is 0 Å². The Labute approximate surface area is 142 Å². The highest BCUT2D eigenvalue weighted by molar-refractivity contribution is 7.13. The summed E-state index contributed by atoms with van der Waals surface area (Å²) in [6.45, 7) is 0. The molecule has 0 unspecified atom stereocenters. The molecule has 0 atom stereocenters. The van der Waals surface area contributed by atoms with Crippen molar-refractivity contribution in [2.45, 2.75) is 0 Å². The van der Waals surface area contributed by atoms with Gasteiger partial charge in [-0.15, -0.1) is 11.3 Å². The zero-order valence-corrected chi connectivity index (χ0v) is 13.3. The maximum Gasteiger partial charge on any atom is 0.233 e.